The van der Waals surface area contributed by atoms with Crippen LogP contribution < -0.4 is 0 Å². The summed E-state index contributed by atoms with van der Waals surface area (Å²) in [5.41, 5.74) is 1.14. The lowest BCUT2D eigenvalue weighted by Gasteiger charge is -1.79. The number of H-pyrrole nitrogens is 1. The molecule has 0 aliphatic heterocycles. The highest BCUT2D eigenvalue weighted by atomic mass is 35.5. The Labute approximate surface area is 114 Å². The van der Waals surface area contributed by atoms with Crippen LogP contribution in [0.15, 0.2) is 6.20 Å². The summed E-state index contributed by atoms with van der Waals surface area (Å²) in [6, 6.07) is 0. The molecule has 0 unspecified atom stereocenters. The van der Waals surface area contributed by atoms with Gasteiger partial charge in [0.1, 0.15) is 5.82 Å². The van der Waals surface area contributed by atoms with Crippen molar-refractivity contribution in [2.24, 2.45) is 0 Å². The van der Waals surface area contributed by atoms with Crippen LogP contribution in [0.2, 0.25) is 0 Å². The lowest BCUT2D eigenvalue weighted by molar-refractivity contribution is 1.04. The van der Waals surface area contributed by atoms with E-state index in [9.17, 15) is 0 Å². The van der Waals surface area contributed by atoms with E-state index in [1.165, 1.54) is 0 Å². The van der Waals surface area contributed by atoms with Crippen molar-refractivity contribution >= 4 is 67.0 Å². The fourth-order valence-corrected chi connectivity index (χ4v) is 0.649. The molecule has 13 heavy (non-hydrogen) atoms. The Balaban J connectivity index is -0.0000000427. The molecule has 0 radical (unpaired) electrons. The number of imidazole rings is 1. The molecule has 82 valence electrons. The maximum absolute atomic E-state index is 4.17. The van der Waals surface area contributed by atoms with Crippen LogP contribution in [0.3, 0.4) is 0 Å². The second kappa shape index (κ2) is 15.4. The number of aromatic amines is 1. The van der Waals surface area contributed by atoms with Crippen molar-refractivity contribution in [3.8, 4) is 0 Å². The molecule has 0 aliphatic carbocycles. The zero-order chi connectivity index (χ0) is 5.98. The fourth-order valence-electron chi connectivity index (χ4n) is 0.649. The molecule has 7 heteroatoms. The van der Waals surface area contributed by atoms with Crippen molar-refractivity contribution in [2.45, 2.75) is 20.3 Å². The Bertz CT molecular complexity index is 183. The zero-order valence-corrected chi connectivity index (χ0v) is 10.1. The average Bonchev–Trinajstić information content (AvgIpc) is 2.14. The molecule has 0 fully saturated rings. The maximum Gasteiger partial charge on any atom is 0.187 e. The van der Waals surface area contributed by atoms with Crippen molar-refractivity contribution in [1.82, 2.24) is 9.97 Å². The topological polar surface area (TPSA) is 28.7 Å². The lowest BCUT2D eigenvalue weighted by Crippen LogP contribution is -1.76. The molecule has 1 N–H and O–H groups in total. The predicted molar refractivity (Wildman–Crippen MR) is 71.6 cm³/mol. The number of hydrogen-bond acceptors (Lipinski definition) is 1. The summed E-state index contributed by atoms with van der Waals surface area (Å²) in [6.07, 6.45) is 2.96. The van der Waals surface area contributed by atoms with Gasteiger partial charge in [-0.25, -0.2) is 4.98 Å². The van der Waals surface area contributed by atoms with Gasteiger partial charge in [0.05, 0.1) is 5.69 Å². The second-order valence-electron chi connectivity index (χ2n) is 1.83. The van der Waals surface area contributed by atoms with E-state index >= 15 is 0 Å². The van der Waals surface area contributed by atoms with Gasteiger partial charge in [-0.2, -0.15) is 0 Å². The van der Waals surface area contributed by atoms with E-state index < -0.39 is 0 Å². The summed E-state index contributed by atoms with van der Waals surface area (Å²) < 4.78 is 0. The van der Waals surface area contributed by atoms with Crippen LogP contribution in [0.5, 0.6) is 0 Å². The Hall–Kier alpha value is 0.902. The van der Waals surface area contributed by atoms with Gasteiger partial charge >= 0.3 is 0 Å². The summed E-state index contributed by atoms with van der Waals surface area (Å²) in [5, 5.41) is 0. The minimum Gasteiger partial charge on any atom is -0.349 e. The van der Waals surface area contributed by atoms with Crippen LogP contribution in [0.1, 0.15) is 18.4 Å². The molecule has 0 spiro atoms. The van der Waals surface area contributed by atoms with Crippen molar-refractivity contribution < 1.29 is 0 Å². The van der Waals surface area contributed by atoms with E-state index in [2.05, 4.69) is 16.9 Å². The molecule has 0 atom stereocenters. The predicted octanol–water partition coefficient (Wildman–Crippen LogP) is 1.78. The first-order chi connectivity index (χ1) is 3.83. The molecule has 0 bridgehead atoms. The van der Waals surface area contributed by atoms with Crippen molar-refractivity contribution in [3.05, 3.63) is 17.7 Å². The number of rotatable bonds is 1. The average molecular weight is 286 g/mol. The van der Waals surface area contributed by atoms with Gasteiger partial charge in [0.25, 0.3) is 0 Å². The summed E-state index contributed by atoms with van der Waals surface area (Å²) in [4.78, 5) is 7.18. The summed E-state index contributed by atoms with van der Waals surface area (Å²) in [7, 11) is 0. The third-order valence-corrected chi connectivity index (χ3v) is 1.12. The van der Waals surface area contributed by atoms with E-state index in [0.29, 0.717) is 0 Å². The number of aryl methyl sites for hydroxylation is 2. The van der Waals surface area contributed by atoms with Crippen LogP contribution in [0, 0.1) is 6.92 Å². The van der Waals surface area contributed by atoms with Crippen molar-refractivity contribution in [1.29, 1.82) is 0 Å². The zero-order valence-electron chi connectivity index (χ0n) is 6.86. The lowest BCUT2D eigenvalue weighted by atomic mass is 10.4. The standard InChI is InChI=1S/C6H10N2.Al.4ClH.3H/c1-3-6-4-7-5(2)8-6;;;;;;;;/h4H,3H2,1-2H3,(H,7,8);;4*1H;;;. The highest BCUT2D eigenvalue weighted by molar-refractivity contribution is 5.86. The molecule has 0 saturated heterocycles. The monoisotopic (exact) mass is 284 g/mol. The number of aromatic nitrogens is 2. The molecular formula is C6H17AlCl4N2. The van der Waals surface area contributed by atoms with Gasteiger partial charge in [0, 0.05) is 6.20 Å². The van der Waals surface area contributed by atoms with Gasteiger partial charge in [-0.15, -0.1) is 49.6 Å². The Morgan fingerprint density at radius 3 is 1.85 bits per heavy atom. The Morgan fingerprint density at radius 1 is 1.23 bits per heavy atom. The fraction of sp³-hybridized carbons (Fsp3) is 0.500. The third kappa shape index (κ3) is 10.8. The molecule has 1 aromatic rings. The number of halogens is 4. The van der Waals surface area contributed by atoms with E-state index in [1.807, 2.05) is 13.1 Å². The van der Waals surface area contributed by atoms with Crippen molar-refractivity contribution in [2.75, 3.05) is 0 Å². The SMILES string of the molecule is CCc1c[nH]c(C)n1.Cl.Cl.Cl.Cl.[AlH3]. The molecule has 0 amide bonds. The van der Waals surface area contributed by atoms with Gasteiger partial charge in [-0.3, -0.25) is 0 Å². The highest BCUT2D eigenvalue weighted by Gasteiger charge is 1.89. The quantitative estimate of drug-likeness (QED) is 0.783. The van der Waals surface area contributed by atoms with Gasteiger partial charge in [-0.05, 0) is 13.3 Å². The van der Waals surface area contributed by atoms with Crippen LogP contribution in [0.25, 0.3) is 0 Å². The van der Waals surface area contributed by atoms with Crippen LogP contribution in [-0.4, -0.2) is 27.3 Å². The third-order valence-electron chi connectivity index (χ3n) is 1.12. The first kappa shape index (κ1) is 29.2. The number of nitrogens with zero attached hydrogens (tertiary/aromatic N) is 1. The summed E-state index contributed by atoms with van der Waals surface area (Å²) in [5.74, 6) is 1.00. The normalized spacial score (nSPS) is 6.00. The molecule has 1 rings (SSSR count). The molecule has 0 saturated carbocycles. The number of hydrogen-bond donors (Lipinski definition) is 1. The van der Waals surface area contributed by atoms with Gasteiger partial charge in [0.2, 0.25) is 0 Å². The van der Waals surface area contributed by atoms with Gasteiger partial charge in [0.15, 0.2) is 17.4 Å². The molecule has 1 aromatic heterocycles. The smallest absolute Gasteiger partial charge is 0.187 e. The second-order valence-corrected chi connectivity index (χ2v) is 1.83. The summed E-state index contributed by atoms with van der Waals surface area (Å²) >= 11 is 0. The van der Waals surface area contributed by atoms with Crippen LogP contribution >= 0.6 is 49.6 Å². The summed E-state index contributed by atoms with van der Waals surface area (Å²) in [6.45, 7) is 4.05. The van der Waals surface area contributed by atoms with E-state index in [1.54, 1.807) is 0 Å². The molecule has 0 aromatic carbocycles. The number of nitrogens with one attached hydrogen (secondary N) is 1. The van der Waals surface area contributed by atoms with E-state index in [-0.39, 0.29) is 67.0 Å². The molecule has 0 aliphatic rings. The molecule has 1 heterocycles. The largest absolute Gasteiger partial charge is 0.349 e. The van der Waals surface area contributed by atoms with Gasteiger partial charge < -0.3 is 4.98 Å². The minimum absolute atomic E-state index is 0. The first-order valence-corrected chi connectivity index (χ1v) is 2.84. The van der Waals surface area contributed by atoms with Gasteiger partial charge in [-0.1, -0.05) is 6.92 Å². The Morgan fingerprint density at radius 2 is 1.69 bits per heavy atom. The maximum atomic E-state index is 4.17. The molecule has 2 nitrogen and oxygen atoms in total. The first-order valence-electron chi connectivity index (χ1n) is 2.84. The van der Waals surface area contributed by atoms with E-state index in [0.717, 1.165) is 17.9 Å². The Kier molecular flexibility index (Phi) is 34.5. The minimum atomic E-state index is 0. The van der Waals surface area contributed by atoms with Crippen LogP contribution in [-0.2, 0) is 6.42 Å². The van der Waals surface area contributed by atoms with Crippen molar-refractivity contribution in [3.63, 3.8) is 0 Å². The highest BCUT2D eigenvalue weighted by Crippen LogP contribution is 1.94. The molecular weight excluding hydrogens is 269 g/mol. The van der Waals surface area contributed by atoms with Crippen LogP contribution in [0.4, 0.5) is 0 Å². The van der Waals surface area contributed by atoms with E-state index in [4.69, 9.17) is 0 Å².